The molecule has 9 heteroatoms. The highest BCUT2D eigenvalue weighted by Crippen LogP contribution is 2.22. The molecule has 28 heavy (non-hydrogen) atoms. The number of nitrogens with one attached hydrogen (secondary N) is 3. The smallest absolute Gasteiger partial charge is 0.257 e. The highest BCUT2D eigenvalue weighted by atomic mass is 16.4. The van der Waals surface area contributed by atoms with Gasteiger partial charge >= 0.3 is 0 Å². The van der Waals surface area contributed by atoms with Crippen LogP contribution in [-0.2, 0) is 4.79 Å². The van der Waals surface area contributed by atoms with Gasteiger partial charge in [0.15, 0.2) is 0 Å². The minimum Gasteiger partial charge on any atom is -0.394 e. The first kappa shape index (κ1) is 19.8. The Bertz CT molecular complexity index is 1000. The number of fused-ring (bicyclic) bond motifs is 1. The summed E-state index contributed by atoms with van der Waals surface area (Å²) in [5, 5.41) is 41.7. The molecule has 0 saturated heterocycles. The molecule has 0 bridgehead atoms. The lowest BCUT2D eigenvalue weighted by atomic mass is 10.0. The molecular formula is C19H21N3O6. The summed E-state index contributed by atoms with van der Waals surface area (Å²) in [4.78, 5) is 29.4. The third kappa shape index (κ3) is 3.97. The van der Waals surface area contributed by atoms with Crippen LogP contribution in [0.25, 0.3) is 22.2 Å². The Morgan fingerprint density at radius 1 is 1.11 bits per heavy atom. The number of rotatable bonds is 8. The maximum absolute atomic E-state index is 12.4. The first-order valence-electron chi connectivity index (χ1n) is 8.62. The van der Waals surface area contributed by atoms with Crippen LogP contribution >= 0.6 is 0 Å². The van der Waals surface area contributed by atoms with Crippen LogP contribution in [-0.4, -0.2) is 67.6 Å². The molecule has 0 unspecified atom stereocenters. The fourth-order valence-corrected chi connectivity index (χ4v) is 2.93. The number of carbonyl (C=O) groups is 1. The molecule has 0 radical (unpaired) electrons. The molecule has 9 nitrogen and oxygen atoms in total. The molecule has 0 fully saturated rings. The average molecular weight is 387 g/mol. The van der Waals surface area contributed by atoms with Crippen molar-refractivity contribution >= 4 is 22.9 Å². The number of aldehydes is 1. The van der Waals surface area contributed by atoms with Crippen molar-refractivity contribution in [1.29, 1.82) is 0 Å². The van der Waals surface area contributed by atoms with Gasteiger partial charge in [-0.3, -0.25) is 4.79 Å². The molecule has 4 atom stereocenters. The molecule has 2 heterocycles. The number of aromatic amines is 2. The van der Waals surface area contributed by atoms with Crippen molar-refractivity contribution in [3.8, 4) is 11.3 Å². The number of hydrogen-bond acceptors (Lipinski definition) is 7. The molecule has 0 amide bonds. The molecule has 2 aromatic heterocycles. The van der Waals surface area contributed by atoms with Crippen LogP contribution < -0.4 is 10.9 Å². The first-order valence-corrected chi connectivity index (χ1v) is 8.62. The van der Waals surface area contributed by atoms with E-state index in [1.54, 1.807) is 42.6 Å². The highest BCUT2D eigenvalue weighted by molar-refractivity contribution is 5.86. The van der Waals surface area contributed by atoms with Gasteiger partial charge in [0.1, 0.15) is 30.6 Å². The van der Waals surface area contributed by atoms with Crippen molar-refractivity contribution < 1.29 is 25.2 Å². The number of benzene rings is 1. The fraction of sp³-hybridized carbons (Fsp3) is 0.263. The van der Waals surface area contributed by atoms with Gasteiger partial charge in [-0.1, -0.05) is 6.07 Å². The molecule has 0 saturated carbocycles. The van der Waals surface area contributed by atoms with Crippen molar-refractivity contribution in [1.82, 2.24) is 9.97 Å². The molecular weight excluding hydrogens is 366 g/mol. The van der Waals surface area contributed by atoms with E-state index in [1.807, 2.05) is 0 Å². The zero-order valence-electron chi connectivity index (χ0n) is 14.7. The molecule has 0 spiro atoms. The van der Waals surface area contributed by atoms with E-state index < -0.39 is 31.0 Å². The number of aliphatic hydroxyl groups is 4. The van der Waals surface area contributed by atoms with E-state index in [1.165, 1.54) is 0 Å². The van der Waals surface area contributed by atoms with E-state index in [-0.39, 0.29) is 5.56 Å². The Labute approximate surface area is 159 Å². The second-order valence-electron chi connectivity index (χ2n) is 6.44. The summed E-state index contributed by atoms with van der Waals surface area (Å²) in [7, 11) is 0. The molecule has 1 aromatic carbocycles. The number of H-pyrrole nitrogens is 2. The Hall–Kier alpha value is -2.98. The molecule has 3 rings (SSSR count). The van der Waals surface area contributed by atoms with Gasteiger partial charge in [0.05, 0.1) is 23.4 Å². The lowest BCUT2D eigenvalue weighted by Gasteiger charge is -2.26. The van der Waals surface area contributed by atoms with Crippen LogP contribution in [0.2, 0.25) is 0 Å². The van der Waals surface area contributed by atoms with E-state index >= 15 is 0 Å². The largest absolute Gasteiger partial charge is 0.394 e. The van der Waals surface area contributed by atoms with Crippen molar-refractivity contribution in [2.24, 2.45) is 0 Å². The van der Waals surface area contributed by atoms with Gasteiger partial charge in [-0.2, -0.15) is 0 Å². The minimum absolute atomic E-state index is 0.291. The Balaban J connectivity index is 1.86. The number of aliphatic hydroxyl groups excluding tert-OH is 4. The second kappa shape index (κ2) is 8.36. The van der Waals surface area contributed by atoms with Gasteiger partial charge < -0.3 is 40.5 Å². The number of aromatic nitrogens is 2. The van der Waals surface area contributed by atoms with Gasteiger partial charge in [0.2, 0.25) is 0 Å². The maximum Gasteiger partial charge on any atom is 0.257 e. The molecule has 7 N–H and O–H groups in total. The average Bonchev–Trinajstić information content (AvgIpc) is 3.24. The number of pyridine rings is 1. The van der Waals surface area contributed by atoms with Gasteiger partial charge in [0, 0.05) is 11.9 Å². The lowest BCUT2D eigenvalue weighted by molar-refractivity contribution is -0.117. The number of hydrogen-bond donors (Lipinski definition) is 7. The summed E-state index contributed by atoms with van der Waals surface area (Å²) in [5.74, 6) is 0. The van der Waals surface area contributed by atoms with Gasteiger partial charge in [0.25, 0.3) is 5.56 Å². The van der Waals surface area contributed by atoms with Gasteiger partial charge in [-0.15, -0.1) is 0 Å². The fourth-order valence-electron chi connectivity index (χ4n) is 2.93. The topological polar surface area (TPSA) is 159 Å². The van der Waals surface area contributed by atoms with Gasteiger partial charge in [-0.05, 0) is 35.7 Å². The van der Waals surface area contributed by atoms with Crippen LogP contribution in [0.1, 0.15) is 0 Å². The summed E-state index contributed by atoms with van der Waals surface area (Å²) in [5.41, 5.74) is 1.81. The summed E-state index contributed by atoms with van der Waals surface area (Å²) in [6.45, 7) is -0.760. The zero-order valence-corrected chi connectivity index (χ0v) is 14.7. The predicted molar refractivity (Wildman–Crippen MR) is 103 cm³/mol. The summed E-state index contributed by atoms with van der Waals surface area (Å²) in [6.07, 6.45) is -2.84. The van der Waals surface area contributed by atoms with E-state index in [2.05, 4.69) is 15.3 Å². The van der Waals surface area contributed by atoms with Crippen LogP contribution in [0.4, 0.5) is 5.69 Å². The van der Waals surface area contributed by atoms with Crippen molar-refractivity contribution in [3.05, 3.63) is 52.9 Å². The molecule has 3 aromatic rings. The zero-order chi connectivity index (χ0) is 20.3. The quantitative estimate of drug-likeness (QED) is 0.258. The monoisotopic (exact) mass is 387 g/mol. The van der Waals surface area contributed by atoms with Crippen molar-refractivity contribution in [2.75, 3.05) is 11.9 Å². The SMILES string of the molecule is O=C[C@H](Nc1ccc2cc(-c3ccc[nH]3)c(=O)[nH]c2c1)[C@@H](O)[C@H](O)[C@H](O)CO. The lowest BCUT2D eigenvalue weighted by Crippen LogP contribution is -2.49. The van der Waals surface area contributed by atoms with E-state index in [0.29, 0.717) is 28.7 Å². The third-order valence-corrected chi connectivity index (χ3v) is 4.51. The molecule has 0 aliphatic heterocycles. The molecule has 0 aliphatic rings. The normalized spacial score (nSPS) is 15.7. The maximum atomic E-state index is 12.4. The predicted octanol–water partition coefficient (Wildman–Crippen LogP) is -0.422. The minimum atomic E-state index is -1.71. The Morgan fingerprint density at radius 2 is 1.89 bits per heavy atom. The van der Waals surface area contributed by atoms with Gasteiger partial charge in [-0.25, -0.2) is 0 Å². The summed E-state index contributed by atoms with van der Waals surface area (Å²) >= 11 is 0. The second-order valence-corrected chi connectivity index (χ2v) is 6.44. The highest BCUT2D eigenvalue weighted by Gasteiger charge is 2.31. The van der Waals surface area contributed by atoms with Crippen LogP contribution in [0, 0.1) is 0 Å². The Kier molecular flexibility index (Phi) is 5.90. The van der Waals surface area contributed by atoms with Crippen molar-refractivity contribution in [2.45, 2.75) is 24.4 Å². The summed E-state index contributed by atoms with van der Waals surface area (Å²) in [6, 6.07) is 9.04. The first-order chi connectivity index (χ1) is 13.4. The van der Waals surface area contributed by atoms with Crippen molar-refractivity contribution in [3.63, 3.8) is 0 Å². The summed E-state index contributed by atoms with van der Waals surface area (Å²) < 4.78 is 0. The standard InChI is InChI=1S/C19H21N3O6/c23-8-15(17(26)18(27)16(25)9-24)21-11-4-3-10-6-12(13-2-1-5-20-13)19(28)22-14(10)7-11/h1-8,15-18,20-21,24-27H,9H2,(H,22,28)/t15-,16+,17+,18+/m0/s1. The Morgan fingerprint density at radius 3 is 2.54 bits per heavy atom. The van der Waals surface area contributed by atoms with Crippen LogP contribution in [0.15, 0.2) is 47.4 Å². The van der Waals surface area contributed by atoms with Crippen LogP contribution in [0.5, 0.6) is 0 Å². The van der Waals surface area contributed by atoms with E-state index in [9.17, 15) is 24.9 Å². The third-order valence-electron chi connectivity index (χ3n) is 4.51. The number of anilines is 1. The molecule has 148 valence electrons. The number of carbonyl (C=O) groups excluding carboxylic acids is 1. The van der Waals surface area contributed by atoms with Crippen LogP contribution in [0.3, 0.4) is 0 Å². The van der Waals surface area contributed by atoms with E-state index in [4.69, 9.17) is 5.11 Å². The molecule has 0 aliphatic carbocycles. The van der Waals surface area contributed by atoms with E-state index in [0.717, 1.165) is 5.39 Å².